The lowest BCUT2D eigenvalue weighted by atomic mass is 10.3. The van der Waals surface area contributed by atoms with Gasteiger partial charge in [-0.25, -0.2) is 0 Å². The van der Waals surface area contributed by atoms with Gasteiger partial charge in [0, 0.05) is 0 Å². The molecule has 74 valence electrons. The van der Waals surface area contributed by atoms with Gasteiger partial charge in [0.05, 0.1) is 14.2 Å². The largest absolute Gasteiger partial charge is 0.493 e. The molecule has 13 heavy (non-hydrogen) atoms. The molecule has 1 aromatic carbocycles. The van der Waals surface area contributed by atoms with Crippen molar-refractivity contribution >= 4 is 12.4 Å². The summed E-state index contributed by atoms with van der Waals surface area (Å²) in [5, 5.41) is 0. The summed E-state index contributed by atoms with van der Waals surface area (Å²) in [7, 11) is 3.08. The maximum absolute atomic E-state index is 5.03. The van der Waals surface area contributed by atoms with Gasteiger partial charge < -0.3 is 14.3 Å². The predicted molar refractivity (Wildman–Crippen MR) is 51.6 cm³/mol. The van der Waals surface area contributed by atoms with Crippen molar-refractivity contribution in [1.29, 1.82) is 0 Å². The normalized spacial score (nSPS) is 8.54. The summed E-state index contributed by atoms with van der Waals surface area (Å²) in [4.78, 5) is 4.57. The average molecular weight is 206 g/mol. The molecule has 0 aliphatic heterocycles. The van der Waals surface area contributed by atoms with Crippen LogP contribution in [0.5, 0.6) is 17.2 Å². The van der Waals surface area contributed by atoms with Crippen LogP contribution in [-0.2, 0) is 0 Å². The highest BCUT2D eigenvalue weighted by Crippen LogP contribution is 2.35. The fraction of sp³-hybridized carbons (Fsp3) is 0.250. The lowest BCUT2D eigenvalue weighted by Crippen LogP contribution is -2.04. The Hall–Kier alpha value is -1.13. The van der Waals surface area contributed by atoms with Gasteiger partial charge in [0.1, 0.15) is 0 Å². The maximum Gasteiger partial charge on any atom is 0.205 e. The first kappa shape index (κ1) is 11.9. The van der Waals surface area contributed by atoms with Crippen molar-refractivity contribution < 1.29 is 14.3 Å². The van der Waals surface area contributed by atoms with Crippen molar-refractivity contribution in [3.8, 4) is 17.2 Å². The Labute approximate surface area is 82.9 Å². The van der Waals surface area contributed by atoms with E-state index in [1.54, 1.807) is 25.3 Å². The van der Waals surface area contributed by atoms with E-state index >= 15 is 0 Å². The summed E-state index contributed by atoms with van der Waals surface area (Å²) in [6.07, 6.45) is 0. The third-order valence-electron chi connectivity index (χ3n) is 1.49. The summed E-state index contributed by atoms with van der Waals surface area (Å²) >= 11 is 0. The van der Waals surface area contributed by atoms with E-state index < -0.39 is 0 Å². The van der Waals surface area contributed by atoms with E-state index in [1.807, 2.05) is 0 Å². The lowest BCUT2D eigenvalue weighted by molar-refractivity contribution is 0.292. The van der Waals surface area contributed by atoms with Crippen LogP contribution >= 0.6 is 12.4 Å². The molecule has 0 aliphatic rings. The van der Waals surface area contributed by atoms with Crippen LogP contribution in [0.25, 0.3) is 0 Å². The van der Waals surface area contributed by atoms with Crippen molar-refractivity contribution in [2.75, 3.05) is 14.2 Å². The number of ether oxygens (including phenoxy) is 2. The van der Waals surface area contributed by atoms with Gasteiger partial charge in [0.2, 0.25) is 5.75 Å². The molecule has 0 saturated heterocycles. The van der Waals surface area contributed by atoms with Gasteiger partial charge >= 0.3 is 0 Å². The van der Waals surface area contributed by atoms with Gasteiger partial charge in [0.25, 0.3) is 0 Å². The Kier molecular flexibility index (Phi) is 5.03. The van der Waals surface area contributed by atoms with Crippen LogP contribution in [0, 0.1) is 0 Å². The number of methoxy groups -OCH3 is 2. The standard InChI is InChI=1S/C8H11NO3.ClH/c1-10-6-4-3-5-7(12-9)8(6)11-2;/h3-5H,9H2,1-2H3;1H. The molecule has 1 rings (SSSR count). The maximum atomic E-state index is 5.03. The Morgan fingerprint density at radius 3 is 2.15 bits per heavy atom. The van der Waals surface area contributed by atoms with Crippen LogP contribution in [0.15, 0.2) is 18.2 Å². The Morgan fingerprint density at radius 1 is 1.08 bits per heavy atom. The molecular weight excluding hydrogens is 194 g/mol. The number of nitrogens with two attached hydrogens (primary N) is 1. The molecule has 0 unspecified atom stereocenters. The van der Waals surface area contributed by atoms with E-state index in [4.69, 9.17) is 15.4 Å². The third-order valence-corrected chi connectivity index (χ3v) is 1.49. The van der Waals surface area contributed by atoms with Crippen molar-refractivity contribution in [3.05, 3.63) is 18.2 Å². The summed E-state index contributed by atoms with van der Waals surface area (Å²) < 4.78 is 10.0. The van der Waals surface area contributed by atoms with Crippen LogP contribution < -0.4 is 20.2 Å². The molecule has 0 aromatic heterocycles. The second-order valence-corrected chi connectivity index (χ2v) is 2.11. The molecule has 0 spiro atoms. The number of para-hydroxylation sites is 1. The van der Waals surface area contributed by atoms with Gasteiger partial charge in [-0.15, -0.1) is 12.4 Å². The third kappa shape index (κ3) is 2.40. The predicted octanol–water partition coefficient (Wildman–Crippen LogP) is 1.38. The van der Waals surface area contributed by atoms with Crippen LogP contribution in [0.3, 0.4) is 0 Å². The van der Waals surface area contributed by atoms with Crippen molar-refractivity contribution in [1.82, 2.24) is 0 Å². The van der Waals surface area contributed by atoms with E-state index in [1.165, 1.54) is 7.11 Å². The van der Waals surface area contributed by atoms with Gasteiger partial charge in [-0.2, -0.15) is 5.90 Å². The number of hydrogen-bond acceptors (Lipinski definition) is 4. The van der Waals surface area contributed by atoms with E-state index in [0.717, 1.165) is 0 Å². The number of hydrogen-bond donors (Lipinski definition) is 1. The molecule has 4 nitrogen and oxygen atoms in total. The quantitative estimate of drug-likeness (QED) is 0.758. The van der Waals surface area contributed by atoms with E-state index in [-0.39, 0.29) is 12.4 Å². The van der Waals surface area contributed by atoms with E-state index in [2.05, 4.69) is 4.84 Å². The number of rotatable bonds is 3. The van der Waals surface area contributed by atoms with Gasteiger partial charge in [0.15, 0.2) is 11.5 Å². The van der Waals surface area contributed by atoms with Crippen molar-refractivity contribution in [2.45, 2.75) is 0 Å². The zero-order valence-electron chi connectivity index (χ0n) is 7.44. The summed E-state index contributed by atoms with van der Waals surface area (Å²) in [5.74, 6) is 6.57. The molecule has 0 saturated carbocycles. The monoisotopic (exact) mass is 205 g/mol. The summed E-state index contributed by atoms with van der Waals surface area (Å²) in [5.41, 5.74) is 0. The highest BCUT2D eigenvalue weighted by molar-refractivity contribution is 5.85. The smallest absolute Gasteiger partial charge is 0.205 e. The molecule has 0 aliphatic carbocycles. The highest BCUT2D eigenvalue weighted by Gasteiger charge is 2.08. The van der Waals surface area contributed by atoms with Crippen LogP contribution in [0.2, 0.25) is 0 Å². The Morgan fingerprint density at radius 2 is 1.69 bits per heavy atom. The molecule has 0 amide bonds. The molecule has 1 aromatic rings. The van der Waals surface area contributed by atoms with Crippen molar-refractivity contribution in [3.63, 3.8) is 0 Å². The van der Waals surface area contributed by atoms with Crippen LogP contribution in [0.4, 0.5) is 0 Å². The molecule has 0 heterocycles. The van der Waals surface area contributed by atoms with E-state index in [0.29, 0.717) is 17.2 Å². The molecule has 0 atom stereocenters. The second-order valence-electron chi connectivity index (χ2n) is 2.11. The van der Waals surface area contributed by atoms with E-state index in [9.17, 15) is 0 Å². The first-order chi connectivity index (χ1) is 5.83. The Bertz CT molecular complexity index is 245. The zero-order valence-corrected chi connectivity index (χ0v) is 8.26. The molecular formula is C8H12ClNO3. The average Bonchev–Trinajstić information content (AvgIpc) is 2.16. The van der Waals surface area contributed by atoms with Crippen LogP contribution in [0.1, 0.15) is 0 Å². The fourth-order valence-corrected chi connectivity index (χ4v) is 0.950. The fourth-order valence-electron chi connectivity index (χ4n) is 0.950. The summed E-state index contributed by atoms with van der Waals surface area (Å²) in [6, 6.07) is 5.23. The zero-order chi connectivity index (χ0) is 8.97. The number of benzene rings is 1. The topological polar surface area (TPSA) is 53.7 Å². The Balaban J connectivity index is 0.00000144. The van der Waals surface area contributed by atoms with Gasteiger partial charge in [-0.05, 0) is 12.1 Å². The molecule has 0 fully saturated rings. The minimum atomic E-state index is 0. The second kappa shape index (κ2) is 5.50. The summed E-state index contributed by atoms with van der Waals surface area (Å²) in [6.45, 7) is 0. The molecule has 0 radical (unpaired) electrons. The minimum Gasteiger partial charge on any atom is -0.493 e. The van der Waals surface area contributed by atoms with Crippen LogP contribution in [-0.4, -0.2) is 14.2 Å². The lowest BCUT2D eigenvalue weighted by Gasteiger charge is -2.09. The number of halogens is 1. The minimum absolute atomic E-state index is 0. The molecule has 2 N–H and O–H groups in total. The first-order valence-corrected chi connectivity index (χ1v) is 3.41. The molecule has 5 heteroatoms. The molecule has 0 bridgehead atoms. The highest BCUT2D eigenvalue weighted by atomic mass is 35.5. The van der Waals surface area contributed by atoms with Crippen molar-refractivity contribution in [2.24, 2.45) is 5.90 Å². The SMILES string of the molecule is COc1cccc(ON)c1OC.Cl. The first-order valence-electron chi connectivity index (χ1n) is 3.41. The van der Waals surface area contributed by atoms with Gasteiger partial charge in [-0.1, -0.05) is 6.07 Å². The van der Waals surface area contributed by atoms with Gasteiger partial charge in [-0.3, -0.25) is 0 Å².